The van der Waals surface area contributed by atoms with Crippen LogP contribution in [0.1, 0.15) is 45.9 Å². The van der Waals surface area contributed by atoms with Crippen LogP contribution in [0.25, 0.3) is 0 Å². The Kier molecular flexibility index (Phi) is 4.61. The van der Waals surface area contributed by atoms with E-state index >= 15 is 0 Å². The first kappa shape index (κ1) is 15.2. The molecule has 0 saturated carbocycles. The first-order chi connectivity index (χ1) is 9.39. The molecule has 2 heterocycles. The quantitative estimate of drug-likeness (QED) is 0.860. The van der Waals surface area contributed by atoms with Crippen molar-refractivity contribution < 1.29 is 0 Å². The topological polar surface area (TPSA) is 42.1 Å². The summed E-state index contributed by atoms with van der Waals surface area (Å²) in [6, 6.07) is 6.36. The van der Waals surface area contributed by atoms with Gasteiger partial charge in [0.15, 0.2) is 0 Å². The number of nitrogens with zero attached hydrogens (tertiary/aromatic N) is 2. The molecule has 0 saturated heterocycles. The average Bonchev–Trinajstić information content (AvgIpc) is 2.39. The van der Waals surface area contributed by atoms with E-state index in [2.05, 4.69) is 49.7 Å². The third-order valence-corrected chi connectivity index (χ3v) is 4.09. The van der Waals surface area contributed by atoms with Gasteiger partial charge in [0.1, 0.15) is 0 Å². The molecule has 0 radical (unpaired) electrons. The zero-order chi connectivity index (χ0) is 14.8. The summed E-state index contributed by atoms with van der Waals surface area (Å²) in [7, 11) is 0. The largest absolute Gasteiger partial charge is 0.326 e. The number of hydrogen-bond acceptors (Lipinski definition) is 3. The molecule has 0 aromatic carbocycles. The summed E-state index contributed by atoms with van der Waals surface area (Å²) >= 11 is 0. The number of hydrogen-bond donors (Lipinski definition) is 1. The van der Waals surface area contributed by atoms with Crippen molar-refractivity contribution in [1.82, 2.24) is 9.88 Å². The lowest BCUT2D eigenvalue weighted by Gasteiger charge is -2.38. The van der Waals surface area contributed by atoms with Crippen molar-refractivity contribution >= 4 is 0 Å². The highest BCUT2D eigenvalue weighted by Gasteiger charge is 2.28. The lowest BCUT2D eigenvalue weighted by Crippen LogP contribution is -2.42. The predicted molar refractivity (Wildman–Crippen MR) is 84.4 cm³/mol. The molecule has 1 aliphatic heterocycles. The summed E-state index contributed by atoms with van der Waals surface area (Å²) in [5, 5.41) is 0. The van der Waals surface area contributed by atoms with E-state index in [0.29, 0.717) is 0 Å². The molecule has 1 aliphatic rings. The van der Waals surface area contributed by atoms with E-state index in [1.165, 1.54) is 0 Å². The second-order valence-electron chi connectivity index (χ2n) is 6.78. The lowest BCUT2D eigenvalue weighted by atomic mass is 9.82. The Labute approximate surface area is 122 Å². The molecule has 1 aromatic heterocycles. The fourth-order valence-electron chi connectivity index (χ4n) is 2.96. The molecule has 1 aromatic rings. The van der Waals surface area contributed by atoms with Gasteiger partial charge in [0.25, 0.3) is 0 Å². The number of aromatic nitrogens is 1. The summed E-state index contributed by atoms with van der Waals surface area (Å²) in [4.78, 5) is 6.95. The highest BCUT2D eigenvalue weighted by Crippen LogP contribution is 2.33. The Hall–Kier alpha value is -1.19. The van der Waals surface area contributed by atoms with Gasteiger partial charge >= 0.3 is 0 Å². The maximum absolute atomic E-state index is 6.22. The molecule has 2 unspecified atom stereocenters. The van der Waals surface area contributed by atoms with E-state index in [1.54, 1.807) is 5.57 Å². The second kappa shape index (κ2) is 6.06. The van der Waals surface area contributed by atoms with Crippen molar-refractivity contribution in [2.75, 3.05) is 13.1 Å². The molecule has 3 nitrogen and oxygen atoms in total. The van der Waals surface area contributed by atoms with Gasteiger partial charge in [-0.1, -0.05) is 38.5 Å². The van der Waals surface area contributed by atoms with Crippen LogP contribution in [-0.4, -0.2) is 29.0 Å². The zero-order valence-corrected chi connectivity index (χ0v) is 13.1. The third-order valence-electron chi connectivity index (χ3n) is 4.09. The Bertz CT molecular complexity index is 457. The van der Waals surface area contributed by atoms with Crippen LogP contribution in [0.2, 0.25) is 0 Å². The van der Waals surface area contributed by atoms with Crippen molar-refractivity contribution in [1.29, 1.82) is 0 Å². The van der Waals surface area contributed by atoms with Gasteiger partial charge in [-0.05, 0) is 30.9 Å². The molecule has 0 aliphatic carbocycles. The van der Waals surface area contributed by atoms with Gasteiger partial charge in [0.05, 0.1) is 11.7 Å². The van der Waals surface area contributed by atoms with E-state index in [4.69, 9.17) is 5.73 Å². The van der Waals surface area contributed by atoms with Crippen LogP contribution in [0.5, 0.6) is 0 Å². The molecule has 2 atom stereocenters. The van der Waals surface area contributed by atoms with Crippen molar-refractivity contribution in [3.05, 3.63) is 41.7 Å². The maximum atomic E-state index is 6.22. The monoisotopic (exact) mass is 273 g/mol. The molecular weight excluding hydrogens is 246 g/mol. The molecule has 2 rings (SSSR count). The van der Waals surface area contributed by atoms with Crippen LogP contribution in [0, 0.1) is 5.41 Å². The van der Waals surface area contributed by atoms with E-state index in [1.807, 2.05) is 18.3 Å². The van der Waals surface area contributed by atoms with E-state index < -0.39 is 0 Å². The van der Waals surface area contributed by atoms with Crippen LogP contribution < -0.4 is 5.73 Å². The minimum atomic E-state index is 0.0782. The van der Waals surface area contributed by atoms with Gasteiger partial charge in [-0.15, -0.1) is 0 Å². The van der Waals surface area contributed by atoms with Gasteiger partial charge in [-0.25, -0.2) is 0 Å². The minimum absolute atomic E-state index is 0.0782. The predicted octanol–water partition coefficient (Wildman–Crippen LogP) is 3.15. The van der Waals surface area contributed by atoms with Gasteiger partial charge < -0.3 is 5.73 Å². The van der Waals surface area contributed by atoms with E-state index in [0.717, 1.165) is 25.2 Å². The Morgan fingerprint density at radius 2 is 2.05 bits per heavy atom. The lowest BCUT2D eigenvalue weighted by molar-refractivity contribution is 0.180. The highest BCUT2D eigenvalue weighted by atomic mass is 15.2. The summed E-state index contributed by atoms with van der Waals surface area (Å²) in [6.07, 6.45) is 5.35. The zero-order valence-electron chi connectivity index (χ0n) is 13.1. The molecule has 2 N–H and O–H groups in total. The fourth-order valence-corrected chi connectivity index (χ4v) is 2.96. The average molecular weight is 273 g/mol. The van der Waals surface area contributed by atoms with Gasteiger partial charge in [-0.3, -0.25) is 9.88 Å². The van der Waals surface area contributed by atoms with Gasteiger partial charge in [0.2, 0.25) is 0 Å². The molecule has 20 heavy (non-hydrogen) atoms. The summed E-state index contributed by atoms with van der Waals surface area (Å²) in [5.41, 5.74) is 9.13. The maximum Gasteiger partial charge on any atom is 0.0673 e. The molecule has 0 amide bonds. The Morgan fingerprint density at radius 1 is 1.30 bits per heavy atom. The van der Waals surface area contributed by atoms with Gasteiger partial charge in [0, 0.05) is 25.3 Å². The second-order valence-corrected chi connectivity index (χ2v) is 6.78. The van der Waals surface area contributed by atoms with Crippen LogP contribution in [0.3, 0.4) is 0 Å². The van der Waals surface area contributed by atoms with Crippen molar-refractivity contribution in [3.63, 3.8) is 0 Å². The smallest absolute Gasteiger partial charge is 0.0673 e. The molecule has 0 bridgehead atoms. The van der Waals surface area contributed by atoms with Crippen molar-refractivity contribution in [2.24, 2.45) is 11.1 Å². The highest BCUT2D eigenvalue weighted by molar-refractivity contribution is 5.18. The van der Waals surface area contributed by atoms with Crippen molar-refractivity contribution in [3.8, 4) is 0 Å². The van der Waals surface area contributed by atoms with Crippen LogP contribution >= 0.6 is 0 Å². The minimum Gasteiger partial charge on any atom is -0.326 e. The number of rotatable bonds is 3. The number of nitrogens with two attached hydrogens (primary N) is 1. The van der Waals surface area contributed by atoms with Crippen molar-refractivity contribution in [2.45, 2.75) is 46.2 Å². The fraction of sp³-hybridized carbons (Fsp3) is 0.588. The summed E-state index contributed by atoms with van der Waals surface area (Å²) in [5.74, 6) is 0. The summed E-state index contributed by atoms with van der Waals surface area (Å²) in [6.45, 7) is 11.0. The molecule has 3 heteroatoms. The number of pyridine rings is 1. The Balaban J connectivity index is 2.16. The normalized spacial score (nSPS) is 20.4. The molecular formula is C17H27N3. The van der Waals surface area contributed by atoms with E-state index in [-0.39, 0.29) is 17.5 Å². The first-order valence-electron chi connectivity index (χ1n) is 7.49. The standard InChI is InChI=1S/C17H27N3/c1-13(18)16(15-7-5-6-10-19-15)20-11-8-14(9-12-20)17(2,3)4/h5-8,10,13,16H,9,11-12,18H2,1-4H3. The van der Waals surface area contributed by atoms with Crippen LogP contribution in [0.4, 0.5) is 0 Å². The van der Waals surface area contributed by atoms with Crippen LogP contribution in [-0.2, 0) is 0 Å². The SMILES string of the molecule is CC(N)C(c1ccccn1)N1CC=C(C(C)(C)C)CC1. The molecule has 0 spiro atoms. The van der Waals surface area contributed by atoms with Crippen LogP contribution in [0.15, 0.2) is 36.0 Å². The van der Waals surface area contributed by atoms with E-state index in [9.17, 15) is 0 Å². The molecule has 0 fully saturated rings. The molecule has 110 valence electrons. The van der Waals surface area contributed by atoms with Gasteiger partial charge in [-0.2, -0.15) is 0 Å². The first-order valence-corrected chi connectivity index (χ1v) is 7.49. The third kappa shape index (κ3) is 3.47. The summed E-state index contributed by atoms with van der Waals surface area (Å²) < 4.78 is 0. The Morgan fingerprint density at radius 3 is 2.50 bits per heavy atom.